The number of carbonyl (C=O) groups is 1. The number of aliphatic carboxylic acids is 1. The van der Waals surface area contributed by atoms with Crippen LogP contribution in [-0.4, -0.2) is 45.5 Å². The lowest BCUT2D eigenvalue weighted by Gasteiger charge is -2.05. The summed E-state index contributed by atoms with van der Waals surface area (Å²) in [6, 6.07) is 0. The van der Waals surface area contributed by atoms with E-state index in [4.69, 9.17) is 5.11 Å². The van der Waals surface area contributed by atoms with Crippen LogP contribution in [0.4, 0.5) is 0 Å². The van der Waals surface area contributed by atoms with Crippen molar-refractivity contribution in [2.45, 2.75) is 32.1 Å². The van der Waals surface area contributed by atoms with Crippen molar-refractivity contribution in [3.63, 3.8) is 0 Å². The van der Waals surface area contributed by atoms with Gasteiger partial charge < -0.3 is 9.84 Å². The van der Waals surface area contributed by atoms with E-state index in [1.165, 1.54) is 7.11 Å². The maximum Gasteiger partial charge on any atom is 0.303 e. The first-order valence-corrected chi connectivity index (χ1v) is 7.31. The lowest BCUT2D eigenvalue weighted by molar-refractivity contribution is -0.137. The zero-order chi connectivity index (χ0) is 13.1. The summed E-state index contributed by atoms with van der Waals surface area (Å²) in [6.45, 7) is 0.590. The molecule has 7 heteroatoms. The molecule has 0 aromatic rings. The van der Waals surface area contributed by atoms with E-state index in [2.05, 4.69) is 9.46 Å². The van der Waals surface area contributed by atoms with E-state index in [0.717, 1.165) is 19.3 Å². The molecular weight excluding hydrogens is 246 g/mol. The molecule has 0 fully saturated rings. The summed E-state index contributed by atoms with van der Waals surface area (Å²) in [5, 5.41) is 8.40. The van der Waals surface area contributed by atoms with Crippen molar-refractivity contribution >= 4 is 16.0 Å². The number of sulfonamides is 1. The van der Waals surface area contributed by atoms with Crippen LogP contribution in [0, 0.1) is 0 Å². The van der Waals surface area contributed by atoms with E-state index in [1.807, 2.05) is 0 Å². The molecular formula is C10H21NO5S. The molecule has 0 saturated carbocycles. The van der Waals surface area contributed by atoms with Crippen LogP contribution >= 0.6 is 0 Å². The molecule has 0 saturated heterocycles. The Morgan fingerprint density at radius 2 is 1.88 bits per heavy atom. The third-order valence-corrected chi connectivity index (χ3v) is 3.54. The Labute approximate surface area is 102 Å². The zero-order valence-corrected chi connectivity index (χ0v) is 11.0. The SMILES string of the molecule is COCCS(=O)(=O)NCCCCCCC(=O)O. The maximum absolute atomic E-state index is 11.3. The van der Waals surface area contributed by atoms with Crippen LogP contribution in [0.5, 0.6) is 0 Å². The van der Waals surface area contributed by atoms with Crippen molar-refractivity contribution in [2.24, 2.45) is 0 Å². The fourth-order valence-corrected chi connectivity index (χ4v) is 2.23. The van der Waals surface area contributed by atoms with Crippen LogP contribution in [0.3, 0.4) is 0 Å². The topological polar surface area (TPSA) is 92.7 Å². The highest BCUT2D eigenvalue weighted by Gasteiger charge is 2.08. The lowest BCUT2D eigenvalue weighted by Crippen LogP contribution is -2.29. The summed E-state index contributed by atoms with van der Waals surface area (Å²) < 4.78 is 29.8. The van der Waals surface area contributed by atoms with Crippen molar-refractivity contribution < 1.29 is 23.1 Å². The van der Waals surface area contributed by atoms with Crippen LogP contribution in [0.25, 0.3) is 0 Å². The third kappa shape index (κ3) is 11.6. The number of hydrogen-bond acceptors (Lipinski definition) is 4. The first kappa shape index (κ1) is 16.3. The standard InChI is InChI=1S/C10H21NO5S/c1-16-8-9-17(14,15)11-7-5-3-2-4-6-10(12)13/h11H,2-9H2,1H3,(H,12,13). The number of ether oxygens (including phenoxy) is 1. The van der Waals surface area contributed by atoms with Crippen molar-refractivity contribution in [3.8, 4) is 0 Å². The monoisotopic (exact) mass is 267 g/mol. The number of hydrogen-bond donors (Lipinski definition) is 2. The average Bonchev–Trinajstić information content (AvgIpc) is 2.24. The molecule has 2 N–H and O–H groups in total. The quantitative estimate of drug-likeness (QED) is 0.534. The molecule has 0 aliphatic rings. The van der Waals surface area contributed by atoms with Crippen LogP contribution < -0.4 is 4.72 Å². The second-order valence-electron chi connectivity index (χ2n) is 3.76. The van der Waals surface area contributed by atoms with Gasteiger partial charge in [0, 0.05) is 20.1 Å². The first-order valence-electron chi connectivity index (χ1n) is 5.66. The second-order valence-corrected chi connectivity index (χ2v) is 5.69. The smallest absolute Gasteiger partial charge is 0.303 e. The summed E-state index contributed by atoms with van der Waals surface area (Å²) in [5.74, 6) is -0.812. The molecule has 0 heterocycles. The molecule has 0 radical (unpaired) electrons. The third-order valence-electron chi connectivity index (χ3n) is 2.20. The fraction of sp³-hybridized carbons (Fsp3) is 0.900. The molecule has 0 aliphatic carbocycles. The Bertz CT molecular complexity index is 302. The molecule has 0 aromatic carbocycles. The predicted molar refractivity (Wildman–Crippen MR) is 64.4 cm³/mol. The van der Waals surface area contributed by atoms with E-state index in [0.29, 0.717) is 13.0 Å². The first-order chi connectivity index (χ1) is 7.98. The number of carboxylic acids is 1. The Morgan fingerprint density at radius 3 is 2.47 bits per heavy atom. The summed E-state index contributed by atoms with van der Waals surface area (Å²) >= 11 is 0. The summed E-state index contributed by atoms with van der Waals surface area (Å²) in [4.78, 5) is 10.2. The summed E-state index contributed by atoms with van der Waals surface area (Å²) in [5.41, 5.74) is 0. The Hall–Kier alpha value is -0.660. The van der Waals surface area contributed by atoms with Gasteiger partial charge in [0.1, 0.15) is 0 Å². The van der Waals surface area contributed by atoms with E-state index in [-0.39, 0.29) is 18.8 Å². The molecule has 0 spiro atoms. The van der Waals surface area contributed by atoms with Crippen molar-refractivity contribution in [2.75, 3.05) is 26.0 Å². The second kappa shape index (κ2) is 9.38. The predicted octanol–water partition coefficient (Wildman–Crippen LogP) is 0.587. The van der Waals surface area contributed by atoms with E-state index >= 15 is 0 Å². The van der Waals surface area contributed by atoms with Crippen molar-refractivity contribution in [1.82, 2.24) is 4.72 Å². The zero-order valence-electron chi connectivity index (χ0n) is 10.1. The minimum absolute atomic E-state index is 0.0253. The molecule has 0 aliphatic heterocycles. The molecule has 6 nitrogen and oxygen atoms in total. The van der Waals surface area contributed by atoms with Crippen LogP contribution in [0.1, 0.15) is 32.1 Å². The Kier molecular flexibility index (Phi) is 9.01. The minimum atomic E-state index is -3.22. The van der Waals surface area contributed by atoms with Gasteiger partial charge in [0.15, 0.2) is 0 Å². The van der Waals surface area contributed by atoms with Crippen molar-refractivity contribution in [1.29, 1.82) is 0 Å². The van der Waals surface area contributed by atoms with E-state index in [1.54, 1.807) is 0 Å². The van der Waals surface area contributed by atoms with Gasteiger partial charge >= 0.3 is 5.97 Å². The number of methoxy groups -OCH3 is 1. The normalized spacial score (nSPS) is 11.6. The van der Waals surface area contributed by atoms with Crippen LogP contribution in [-0.2, 0) is 19.6 Å². The van der Waals surface area contributed by atoms with Gasteiger partial charge in [-0.15, -0.1) is 0 Å². The largest absolute Gasteiger partial charge is 0.481 e. The Balaban J connectivity index is 3.41. The number of carboxylic acid groups (broad SMARTS) is 1. The highest BCUT2D eigenvalue weighted by atomic mass is 32.2. The number of rotatable bonds is 11. The van der Waals surface area contributed by atoms with Crippen LogP contribution in [0.2, 0.25) is 0 Å². The molecule has 0 aromatic heterocycles. The van der Waals surface area contributed by atoms with Crippen molar-refractivity contribution in [3.05, 3.63) is 0 Å². The van der Waals surface area contributed by atoms with Gasteiger partial charge in [-0.2, -0.15) is 0 Å². The fourth-order valence-electron chi connectivity index (χ4n) is 1.25. The van der Waals surface area contributed by atoms with E-state index < -0.39 is 16.0 Å². The van der Waals surface area contributed by atoms with Gasteiger partial charge in [0.05, 0.1) is 12.4 Å². The van der Waals surface area contributed by atoms with Gasteiger partial charge in [-0.3, -0.25) is 4.79 Å². The maximum atomic E-state index is 11.3. The van der Waals surface area contributed by atoms with E-state index in [9.17, 15) is 13.2 Å². The molecule has 0 atom stereocenters. The molecule has 0 amide bonds. The summed E-state index contributed by atoms with van der Waals surface area (Å²) in [6.07, 6.45) is 3.20. The van der Waals surface area contributed by atoms with Gasteiger partial charge in [-0.1, -0.05) is 12.8 Å². The van der Waals surface area contributed by atoms with Gasteiger partial charge in [-0.05, 0) is 12.8 Å². The van der Waals surface area contributed by atoms with Gasteiger partial charge in [-0.25, -0.2) is 13.1 Å². The molecule has 17 heavy (non-hydrogen) atoms. The highest BCUT2D eigenvalue weighted by molar-refractivity contribution is 7.89. The molecule has 102 valence electrons. The van der Waals surface area contributed by atoms with Gasteiger partial charge in [0.25, 0.3) is 0 Å². The lowest BCUT2D eigenvalue weighted by atomic mass is 10.1. The van der Waals surface area contributed by atoms with Crippen LogP contribution in [0.15, 0.2) is 0 Å². The minimum Gasteiger partial charge on any atom is -0.481 e. The average molecular weight is 267 g/mol. The molecule has 0 rings (SSSR count). The highest BCUT2D eigenvalue weighted by Crippen LogP contribution is 2.02. The van der Waals surface area contributed by atoms with Gasteiger partial charge in [0.2, 0.25) is 10.0 Å². The Morgan fingerprint density at radius 1 is 1.24 bits per heavy atom. The molecule has 0 bridgehead atoms. The molecule has 0 unspecified atom stereocenters. The summed E-state index contributed by atoms with van der Waals surface area (Å²) in [7, 11) is -1.76. The number of nitrogens with one attached hydrogen (secondary N) is 1. The number of unbranched alkanes of at least 4 members (excludes halogenated alkanes) is 3.